The van der Waals surface area contributed by atoms with Gasteiger partial charge in [0.25, 0.3) is 0 Å². The van der Waals surface area contributed by atoms with Crippen molar-refractivity contribution in [2.75, 3.05) is 37.7 Å². The second-order valence-corrected chi connectivity index (χ2v) is 9.98. The highest BCUT2D eigenvalue weighted by molar-refractivity contribution is 5.69. The Morgan fingerprint density at radius 1 is 0.949 bits per heavy atom. The Labute approximate surface area is 224 Å². The van der Waals surface area contributed by atoms with E-state index in [0.29, 0.717) is 49.5 Å². The molecule has 5 aromatic heterocycles. The van der Waals surface area contributed by atoms with Crippen molar-refractivity contribution in [3.8, 4) is 22.4 Å². The number of aryl methyl sites for hydroxylation is 1. The largest absolute Gasteiger partial charge is 0.373 e. The molecule has 2 aliphatic rings. The van der Waals surface area contributed by atoms with Crippen LogP contribution in [0.25, 0.3) is 33.7 Å². The van der Waals surface area contributed by atoms with Crippen LogP contribution in [0.4, 0.5) is 5.95 Å². The molecule has 1 unspecified atom stereocenters. The fourth-order valence-electron chi connectivity index (χ4n) is 5.17. The fourth-order valence-corrected chi connectivity index (χ4v) is 5.17. The van der Waals surface area contributed by atoms with Crippen molar-refractivity contribution < 1.29 is 4.74 Å². The van der Waals surface area contributed by atoms with Crippen LogP contribution in [0.1, 0.15) is 18.9 Å². The van der Waals surface area contributed by atoms with Gasteiger partial charge in [-0.15, -0.1) is 5.10 Å². The molecule has 0 amide bonds. The zero-order chi connectivity index (χ0) is 26.2. The van der Waals surface area contributed by atoms with Gasteiger partial charge >= 0.3 is 0 Å². The topological polar surface area (TPSA) is 142 Å². The van der Waals surface area contributed by atoms with Gasteiger partial charge in [-0.05, 0) is 25.9 Å². The molecule has 7 rings (SSSR count). The summed E-state index contributed by atoms with van der Waals surface area (Å²) >= 11 is 0. The van der Waals surface area contributed by atoms with Gasteiger partial charge in [-0.1, -0.05) is 5.21 Å². The lowest BCUT2D eigenvalue weighted by Crippen LogP contribution is -2.45. The summed E-state index contributed by atoms with van der Waals surface area (Å²) < 4.78 is 11.6. The van der Waals surface area contributed by atoms with Crippen LogP contribution in [0.5, 0.6) is 0 Å². The number of piperidine rings is 1. The second kappa shape index (κ2) is 10.1. The number of rotatable bonds is 6. The Kier molecular flexibility index (Phi) is 6.17. The van der Waals surface area contributed by atoms with Crippen LogP contribution >= 0.6 is 0 Å². The molecule has 7 heterocycles. The van der Waals surface area contributed by atoms with Crippen LogP contribution in [0.15, 0.2) is 43.4 Å². The Morgan fingerprint density at radius 3 is 2.62 bits per heavy atom. The monoisotopic (exact) mass is 527 g/mol. The van der Waals surface area contributed by atoms with E-state index in [2.05, 4.69) is 56.6 Å². The average molecular weight is 528 g/mol. The number of anilines is 1. The van der Waals surface area contributed by atoms with Gasteiger partial charge in [-0.3, -0.25) is 9.36 Å². The van der Waals surface area contributed by atoms with Gasteiger partial charge in [-0.2, -0.15) is 10.2 Å². The molecule has 0 spiro atoms. The highest BCUT2D eigenvalue weighted by atomic mass is 16.5. The SMILES string of the molecule is Cn1cc(-c2cnc3nnn(CC4CN(c5ncc(-c6cnn(C7CCNCC7)c6)cn5)CCO4)c3n2)cn1. The van der Waals surface area contributed by atoms with Crippen LogP contribution < -0.4 is 10.2 Å². The number of hydrogen-bond donors (Lipinski definition) is 1. The molecule has 0 radical (unpaired) electrons. The number of nitrogens with one attached hydrogen (secondary N) is 1. The van der Waals surface area contributed by atoms with Crippen LogP contribution in [-0.2, 0) is 18.3 Å². The predicted molar refractivity (Wildman–Crippen MR) is 142 cm³/mol. The molecule has 0 aromatic carbocycles. The van der Waals surface area contributed by atoms with Gasteiger partial charge in [0.2, 0.25) is 11.6 Å². The minimum Gasteiger partial charge on any atom is -0.373 e. The van der Waals surface area contributed by atoms with E-state index < -0.39 is 0 Å². The standard InChI is InChI=1S/C25H29N13O/c1-35-13-19(11-30-35)22-12-27-23-24(32-22)38(34-33-23)16-21-15-36(6-7-39-21)25-28-8-17(9-29-25)18-10-31-37(14-18)20-2-4-26-5-3-20/h8-14,20-21,26H,2-7,15-16H2,1H3. The molecule has 2 fully saturated rings. The molecule has 0 bridgehead atoms. The van der Waals surface area contributed by atoms with Crippen molar-refractivity contribution in [1.82, 2.24) is 59.8 Å². The lowest BCUT2D eigenvalue weighted by atomic mass is 10.1. The molecule has 200 valence electrons. The molecule has 1 N–H and O–H groups in total. The van der Waals surface area contributed by atoms with E-state index in [9.17, 15) is 0 Å². The molecule has 5 aromatic rings. The Balaban J connectivity index is 1.04. The highest BCUT2D eigenvalue weighted by Gasteiger charge is 2.25. The maximum Gasteiger partial charge on any atom is 0.225 e. The first kappa shape index (κ1) is 23.8. The third kappa shape index (κ3) is 4.83. The van der Waals surface area contributed by atoms with Crippen molar-refractivity contribution in [1.29, 1.82) is 0 Å². The molecular formula is C25H29N13O. The van der Waals surface area contributed by atoms with Crippen molar-refractivity contribution in [3.05, 3.63) is 43.4 Å². The normalized spacial score (nSPS) is 18.7. The van der Waals surface area contributed by atoms with Crippen LogP contribution in [0.3, 0.4) is 0 Å². The highest BCUT2D eigenvalue weighted by Crippen LogP contribution is 2.24. The van der Waals surface area contributed by atoms with Crippen molar-refractivity contribution in [2.24, 2.45) is 7.05 Å². The molecule has 14 heteroatoms. The lowest BCUT2D eigenvalue weighted by molar-refractivity contribution is 0.0273. The first-order chi connectivity index (χ1) is 19.2. The van der Waals surface area contributed by atoms with Crippen LogP contribution in [0, 0.1) is 0 Å². The minimum absolute atomic E-state index is 0.126. The van der Waals surface area contributed by atoms with Gasteiger partial charge < -0.3 is 15.0 Å². The van der Waals surface area contributed by atoms with Crippen LogP contribution in [0.2, 0.25) is 0 Å². The van der Waals surface area contributed by atoms with E-state index in [1.54, 1.807) is 21.8 Å². The number of morpholine rings is 1. The second-order valence-electron chi connectivity index (χ2n) is 9.98. The Bertz CT molecular complexity index is 1570. The maximum atomic E-state index is 6.06. The molecule has 2 aliphatic heterocycles. The predicted octanol–water partition coefficient (Wildman–Crippen LogP) is 1.11. The zero-order valence-corrected chi connectivity index (χ0v) is 21.6. The summed E-state index contributed by atoms with van der Waals surface area (Å²) in [6.45, 7) is 4.47. The van der Waals surface area contributed by atoms with E-state index in [1.807, 2.05) is 31.8 Å². The van der Waals surface area contributed by atoms with Crippen molar-refractivity contribution in [3.63, 3.8) is 0 Å². The number of fused-ring (bicyclic) bond motifs is 1. The summed E-state index contributed by atoms with van der Waals surface area (Å²) in [6, 6.07) is 0.445. The van der Waals surface area contributed by atoms with E-state index in [4.69, 9.17) is 9.72 Å². The number of hydrogen-bond acceptors (Lipinski definition) is 11. The lowest BCUT2D eigenvalue weighted by Gasteiger charge is -2.32. The minimum atomic E-state index is -0.126. The number of nitrogens with zero attached hydrogens (tertiary/aromatic N) is 12. The Hall–Kier alpha value is -4.30. The molecular weight excluding hydrogens is 498 g/mol. The summed E-state index contributed by atoms with van der Waals surface area (Å²) in [5, 5.41) is 20.7. The van der Waals surface area contributed by atoms with Crippen molar-refractivity contribution in [2.45, 2.75) is 31.5 Å². The van der Waals surface area contributed by atoms with E-state index in [1.165, 1.54) is 0 Å². The molecule has 14 nitrogen and oxygen atoms in total. The molecule has 0 saturated carbocycles. The van der Waals surface area contributed by atoms with E-state index in [0.717, 1.165) is 48.3 Å². The summed E-state index contributed by atoms with van der Waals surface area (Å²) in [6.07, 6.45) is 15.2. The van der Waals surface area contributed by atoms with Gasteiger partial charge in [0.15, 0.2) is 5.65 Å². The summed E-state index contributed by atoms with van der Waals surface area (Å²) in [5.74, 6) is 0.680. The third-order valence-corrected chi connectivity index (χ3v) is 7.28. The van der Waals surface area contributed by atoms with Crippen molar-refractivity contribution >= 4 is 17.2 Å². The third-order valence-electron chi connectivity index (χ3n) is 7.28. The summed E-state index contributed by atoms with van der Waals surface area (Å²) in [5.41, 5.74) is 4.71. The molecule has 39 heavy (non-hydrogen) atoms. The summed E-state index contributed by atoms with van der Waals surface area (Å²) in [7, 11) is 1.87. The number of ether oxygens (including phenoxy) is 1. The van der Waals surface area contributed by atoms with Gasteiger partial charge in [0, 0.05) is 61.6 Å². The molecule has 1 atom stereocenters. The number of aromatic nitrogens is 11. The first-order valence-corrected chi connectivity index (χ1v) is 13.2. The zero-order valence-electron chi connectivity index (χ0n) is 21.6. The average Bonchev–Trinajstić information content (AvgIpc) is 3.74. The van der Waals surface area contributed by atoms with Gasteiger partial charge in [-0.25, -0.2) is 24.6 Å². The van der Waals surface area contributed by atoms with E-state index >= 15 is 0 Å². The quantitative estimate of drug-likeness (QED) is 0.339. The molecule has 2 saturated heterocycles. The van der Waals surface area contributed by atoms with Gasteiger partial charge in [0.1, 0.15) is 0 Å². The first-order valence-electron chi connectivity index (χ1n) is 13.2. The smallest absolute Gasteiger partial charge is 0.225 e. The van der Waals surface area contributed by atoms with Crippen LogP contribution in [-0.4, -0.2) is 93.4 Å². The maximum absolute atomic E-state index is 6.06. The molecule has 0 aliphatic carbocycles. The summed E-state index contributed by atoms with van der Waals surface area (Å²) in [4.78, 5) is 20.7. The Morgan fingerprint density at radius 2 is 1.79 bits per heavy atom. The van der Waals surface area contributed by atoms with Gasteiger partial charge in [0.05, 0.1) is 49.6 Å². The fraction of sp³-hybridized carbons (Fsp3) is 0.440. The van der Waals surface area contributed by atoms with E-state index in [-0.39, 0.29) is 6.10 Å².